The largest absolute Gasteiger partial charge is 0.299 e. The summed E-state index contributed by atoms with van der Waals surface area (Å²) < 4.78 is 27.5. The van der Waals surface area contributed by atoms with Crippen LogP contribution in [0.25, 0.3) is 0 Å². The Morgan fingerprint density at radius 2 is 1.65 bits per heavy atom. The van der Waals surface area contributed by atoms with E-state index in [-0.39, 0.29) is 4.90 Å². The van der Waals surface area contributed by atoms with Gasteiger partial charge < -0.3 is 0 Å². The molecule has 0 saturated carbocycles. The Bertz CT molecular complexity index is 627. The Balaban J connectivity index is 1.76. The van der Waals surface area contributed by atoms with E-state index < -0.39 is 10.0 Å². The molecule has 1 aromatic carbocycles. The SMILES string of the molecule is O=S(=O)(c1ccccc1Cl)N1CCCC(N2CCCCCC2)C1. The van der Waals surface area contributed by atoms with Gasteiger partial charge in [0.25, 0.3) is 0 Å². The number of likely N-dealkylation sites (tertiary alicyclic amines) is 1. The third-order valence-corrected chi connectivity index (χ3v) is 7.34. The average molecular weight is 357 g/mol. The summed E-state index contributed by atoms with van der Waals surface area (Å²) in [5.41, 5.74) is 0. The lowest BCUT2D eigenvalue weighted by atomic mass is 10.1. The highest BCUT2D eigenvalue weighted by Crippen LogP contribution is 2.28. The Kier molecular flexibility index (Phi) is 5.62. The molecule has 2 saturated heterocycles. The molecule has 23 heavy (non-hydrogen) atoms. The molecular weight excluding hydrogens is 332 g/mol. The fourth-order valence-electron chi connectivity index (χ4n) is 3.69. The lowest BCUT2D eigenvalue weighted by Crippen LogP contribution is -2.50. The molecule has 0 radical (unpaired) electrons. The average Bonchev–Trinajstić information content (AvgIpc) is 2.84. The molecule has 128 valence electrons. The lowest BCUT2D eigenvalue weighted by molar-refractivity contribution is 0.139. The third-order valence-electron chi connectivity index (χ3n) is 4.97. The minimum atomic E-state index is -3.50. The highest BCUT2D eigenvalue weighted by molar-refractivity contribution is 7.89. The van der Waals surface area contributed by atoms with Gasteiger partial charge in [0.2, 0.25) is 10.0 Å². The van der Waals surface area contributed by atoms with Gasteiger partial charge in [0.1, 0.15) is 4.90 Å². The molecule has 0 bridgehead atoms. The summed E-state index contributed by atoms with van der Waals surface area (Å²) in [4.78, 5) is 2.74. The first-order chi connectivity index (χ1) is 11.1. The zero-order valence-electron chi connectivity index (χ0n) is 13.5. The number of rotatable bonds is 3. The van der Waals surface area contributed by atoms with Crippen molar-refractivity contribution < 1.29 is 8.42 Å². The molecule has 2 fully saturated rings. The van der Waals surface area contributed by atoms with Crippen LogP contribution in [-0.2, 0) is 10.0 Å². The lowest BCUT2D eigenvalue weighted by Gasteiger charge is -2.38. The summed E-state index contributed by atoms with van der Waals surface area (Å²) in [6.07, 6.45) is 7.07. The van der Waals surface area contributed by atoms with Crippen LogP contribution < -0.4 is 0 Å². The van der Waals surface area contributed by atoms with Crippen LogP contribution >= 0.6 is 11.6 Å². The van der Waals surface area contributed by atoms with Crippen molar-refractivity contribution in [1.82, 2.24) is 9.21 Å². The number of nitrogens with zero attached hydrogens (tertiary/aromatic N) is 2. The smallest absolute Gasteiger partial charge is 0.244 e. The number of halogens is 1. The molecule has 3 rings (SSSR count). The number of hydrogen-bond acceptors (Lipinski definition) is 3. The maximum Gasteiger partial charge on any atom is 0.244 e. The van der Waals surface area contributed by atoms with Gasteiger partial charge in [-0.05, 0) is 50.9 Å². The number of piperidine rings is 1. The molecule has 0 aromatic heterocycles. The summed E-state index contributed by atoms with van der Waals surface area (Å²) >= 11 is 6.12. The Labute approximate surface area is 144 Å². The second-order valence-corrected chi connectivity index (χ2v) is 8.85. The van der Waals surface area contributed by atoms with E-state index in [1.54, 1.807) is 28.6 Å². The minimum Gasteiger partial charge on any atom is -0.299 e. The number of sulfonamides is 1. The fraction of sp³-hybridized carbons (Fsp3) is 0.647. The van der Waals surface area contributed by atoms with E-state index in [0.717, 1.165) is 25.9 Å². The molecule has 1 unspecified atom stereocenters. The van der Waals surface area contributed by atoms with E-state index >= 15 is 0 Å². The molecule has 0 spiro atoms. The Morgan fingerprint density at radius 1 is 0.957 bits per heavy atom. The second kappa shape index (κ2) is 7.51. The molecule has 1 atom stereocenters. The van der Waals surface area contributed by atoms with Crippen molar-refractivity contribution in [1.29, 1.82) is 0 Å². The fourth-order valence-corrected chi connectivity index (χ4v) is 5.70. The highest BCUT2D eigenvalue weighted by Gasteiger charge is 2.33. The van der Waals surface area contributed by atoms with Crippen LogP contribution in [0.5, 0.6) is 0 Å². The first kappa shape index (κ1) is 17.2. The van der Waals surface area contributed by atoms with Crippen molar-refractivity contribution >= 4 is 21.6 Å². The summed E-state index contributed by atoms with van der Waals surface area (Å²) in [5, 5.41) is 0.310. The van der Waals surface area contributed by atoms with E-state index in [1.165, 1.54) is 25.7 Å². The van der Waals surface area contributed by atoms with Crippen LogP contribution in [0.15, 0.2) is 29.2 Å². The van der Waals surface area contributed by atoms with Gasteiger partial charge >= 0.3 is 0 Å². The van der Waals surface area contributed by atoms with Gasteiger partial charge in [-0.3, -0.25) is 4.90 Å². The summed E-state index contributed by atoms with van der Waals surface area (Å²) in [7, 11) is -3.50. The third kappa shape index (κ3) is 3.90. The maximum absolute atomic E-state index is 12.9. The van der Waals surface area contributed by atoms with E-state index in [1.807, 2.05) is 0 Å². The first-order valence-electron chi connectivity index (χ1n) is 8.58. The standard InChI is InChI=1S/C17H25ClN2O2S/c18-16-9-3-4-10-17(16)23(21,22)20-13-7-8-15(14-20)19-11-5-1-2-6-12-19/h3-4,9-10,15H,1-2,5-8,11-14H2. The van der Waals surface area contributed by atoms with Gasteiger partial charge in [0, 0.05) is 19.1 Å². The van der Waals surface area contributed by atoms with Crippen LogP contribution in [0.3, 0.4) is 0 Å². The van der Waals surface area contributed by atoms with E-state index in [9.17, 15) is 8.42 Å². The van der Waals surface area contributed by atoms with Gasteiger partial charge in [-0.15, -0.1) is 0 Å². The van der Waals surface area contributed by atoms with Crippen molar-refractivity contribution in [3.63, 3.8) is 0 Å². The summed E-state index contributed by atoms with van der Waals surface area (Å²) in [5.74, 6) is 0. The van der Waals surface area contributed by atoms with Crippen LogP contribution in [0, 0.1) is 0 Å². The molecular formula is C17H25ClN2O2S. The summed E-state index contributed by atoms with van der Waals surface area (Å²) in [6, 6.07) is 7.09. The predicted molar refractivity (Wildman–Crippen MR) is 93.3 cm³/mol. The van der Waals surface area contributed by atoms with Crippen molar-refractivity contribution in [3.8, 4) is 0 Å². The molecule has 4 nitrogen and oxygen atoms in total. The predicted octanol–water partition coefficient (Wildman–Crippen LogP) is 3.37. The van der Waals surface area contributed by atoms with Crippen LogP contribution in [0.2, 0.25) is 5.02 Å². The van der Waals surface area contributed by atoms with Crippen molar-refractivity contribution in [2.75, 3.05) is 26.2 Å². The summed E-state index contributed by atoms with van der Waals surface area (Å²) in [6.45, 7) is 3.39. The molecule has 2 heterocycles. The molecule has 1 aromatic rings. The second-order valence-electron chi connectivity index (χ2n) is 6.54. The van der Waals surface area contributed by atoms with Crippen LogP contribution in [0.1, 0.15) is 38.5 Å². The molecule has 2 aliphatic rings. The molecule has 6 heteroatoms. The highest BCUT2D eigenvalue weighted by atomic mass is 35.5. The zero-order chi connectivity index (χ0) is 16.3. The molecule has 2 aliphatic heterocycles. The van der Waals surface area contributed by atoms with Gasteiger partial charge in [-0.25, -0.2) is 8.42 Å². The molecule has 0 N–H and O–H groups in total. The number of hydrogen-bond donors (Lipinski definition) is 0. The minimum absolute atomic E-state index is 0.234. The van der Waals surface area contributed by atoms with E-state index in [2.05, 4.69) is 4.90 Å². The van der Waals surface area contributed by atoms with Crippen LogP contribution in [0.4, 0.5) is 0 Å². The molecule has 0 aliphatic carbocycles. The maximum atomic E-state index is 12.9. The Morgan fingerprint density at radius 3 is 2.35 bits per heavy atom. The number of benzene rings is 1. The van der Waals surface area contributed by atoms with Gasteiger partial charge in [-0.2, -0.15) is 4.31 Å². The molecule has 0 amide bonds. The van der Waals surface area contributed by atoms with Crippen molar-refractivity contribution in [2.24, 2.45) is 0 Å². The Hall–Kier alpha value is -0.620. The topological polar surface area (TPSA) is 40.6 Å². The zero-order valence-corrected chi connectivity index (χ0v) is 15.0. The van der Waals surface area contributed by atoms with Gasteiger partial charge in [0.15, 0.2) is 0 Å². The van der Waals surface area contributed by atoms with Crippen LogP contribution in [-0.4, -0.2) is 49.8 Å². The quantitative estimate of drug-likeness (QED) is 0.833. The first-order valence-corrected chi connectivity index (χ1v) is 10.4. The normalized spacial score (nSPS) is 25.2. The van der Waals surface area contributed by atoms with E-state index in [0.29, 0.717) is 24.2 Å². The van der Waals surface area contributed by atoms with Gasteiger partial charge in [0.05, 0.1) is 5.02 Å². The van der Waals surface area contributed by atoms with E-state index in [4.69, 9.17) is 11.6 Å². The van der Waals surface area contributed by atoms with Crippen molar-refractivity contribution in [3.05, 3.63) is 29.3 Å². The van der Waals surface area contributed by atoms with Gasteiger partial charge in [-0.1, -0.05) is 36.6 Å². The van der Waals surface area contributed by atoms with Crippen molar-refractivity contribution in [2.45, 2.75) is 49.5 Å². The monoisotopic (exact) mass is 356 g/mol.